The third kappa shape index (κ3) is 7.43. The number of hydrogen-bond donors (Lipinski definition) is 4. The maximum absolute atomic E-state index is 14.8. The van der Waals surface area contributed by atoms with Crippen LogP contribution >= 0.6 is 11.6 Å². The van der Waals surface area contributed by atoms with Crippen LogP contribution in [0.3, 0.4) is 0 Å². The number of allylic oxidation sites excluding steroid dienone is 2. The van der Waals surface area contributed by atoms with Crippen LogP contribution in [-0.4, -0.2) is 71.6 Å². The number of anilines is 2. The Balaban J connectivity index is 1.18. The van der Waals surface area contributed by atoms with E-state index >= 15 is 0 Å². The number of carbonyl (C=O) groups is 2. The number of hydrogen-bond acceptors (Lipinski definition) is 7. The van der Waals surface area contributed by atoms with Crippen molar-refractivity contribution in [3.8, 4) is 0 Å². The molecule has 2 aliphatic carbocycles. The summed E-state index contributed by atoms with van der Waals surface area (Å²) in [5.41, 5.74) is 3.67. The summed E-state index contributed by atoms with van der Waals surface area (Å²) in [5.74, 6) is -0.180. The summed E-state index contributed by atoms with van der Waals surface area (Å²) >= 11 is 6.48. The summed E-state index contributed by atoms with van der Waals surface area (Å²) in [6, 6.07) is 6.17. The lowest BCUT2D eigenvalue weighted by Gasteiger charge is -2.32. The maximum atomic E-state index is 14.8. The molecule has 1 saturated carbocycles. The van der Waals surface area contributed by atoms with E-state index in [1.54, 1.807) is 36.5 Å². The Morgan fingerprint density at radius 2 is 1.95 bits per heavy atom. The molecule has 3 aliphatic rings. The molecule has 4 atom stereocenters. The molecule has 0 saturated heterocycles. The highest BCUT2D eigenvalue weighted by atomic mass is 35.5. The molecule has 11 heteroatoms. The van der Waals surface area contributed by atoms with Crippen molar-refractivity contribution < 1.29 is 14.0 Å². The van der Waals surface area contributed by atoms with Crippen molar-refractivity contribution >= 4 is 40.6 Å². The molecule has 2 aromatic rings. The fourth-order valence-corrected chi connectivity index (χ4v) is 5.55. The summed E-state index contributed by atoms with van der Waals surface area (Å²) in [6.07, 6.45) is 13.8. The Kier molecular flexibility index (Phi) is 9.34. The first kappa shape index (κ1) is 29.5. The normalized spacial score (nSPS) is 23.2. The Labute approximate surface area is 250 Å². The van der Waals surface area contributed by atoms with Crippen LogP contribution in [-0.2, 0) is 4.79 Å². The number of likely N-dealkylation sites (N-methyl/N-ethyl adjacent to an activating group) is 1. The molecule has 1 aromatic carbocycles. The number of halogens is 2. The third-order valence-electron chi connectivity index (χ3n) is 7.37. The number of fused-ring (bicyclic) bond motifs is 1. The minimum absolute atomic E-state index is 0.202. The summed E-state index contributed by atoms with van der Waals surface area (Å²) in [4.78, 5) is 36.0. The lowest BCUT2D eigenvalue weighted by atomic mass is 9.89. The van der Waals surface area contributed by atoms with Crippen LogP contribution in [0.25, 0.3) is 5.57 Å². The first-order valence-corrected chi connectivity index (χ1v) is 14.4. The zero-order chi connectivity index (χ0) is 29.6. The van der Waals surface area contributed by atoms with Gasteiger partial charge in [-0.1, -0.05) is 35.9 Å². The van der Waals surface area contributed by atoms with E-state index in [1.807, 2.05) is 31.3 Å². The predicted octanol–water partition coefficient (Wildman–Crippen LogP) is 4.49. The van der Waals surface area contributed by atoms with Crippen molar-refractivity contribution in [2.75, 3.05) is 31.3 Å². The zero-order valence-electron chi connectivity index (χ0n) is 23.6. The van der Waals surface area contributed by atoms with E-state index < -0.39 is 6.17 Å². The van der Waals surface area contributed by atoms with Gasteiger partial charge in [0, 0.05) is 47.7 Å². The Morgan fingerprint density at radius 3 is 2.74 bits per heavy atom. The molecule has 2 amide bonds. The van der Waals surface area contributed by atoms with Crippen molar-refractivity contribution in [1.29, 1.82) is 0 Å². The number of alkyl halides is 1. The largest absolute Gasteiger partial charge is 0.383 e. The topological polar surface area (TPSA) is 111 Å². The lowest BCUT2D eigenvalue weighted by molar-refractivity contribution is -0.111. The number of carbonyl (C=O) groups excluding carboxylic acids is 2. The molecule has 0 radical (unpaired) electrons. The minimum Gasteiger partial charge on any atom is -0.383 e. The number of rotatable bonds is 9. The summed E-state index contributed by atoms with van der Waals surface area (Å²) in [5, 5.41) is 12.8. The Hall–Kier alpha value is -4.02. The van der Waals surface area contributed by atoms with Crippen LogP contribution in [0, 0.1) is 0 Å². The number of nitrogens with one attached hydrogen (secondary N) is 4. The van der Waals surface area contributed by atoms with Gasteiger partial charge in [-0.05, 0) is 69.6 Å². The van der Waals surface area contributed by atoms with Crippen LogP contribution < -0.4 is 21.3 Å². The molecule has 1 fully saturated rings. The molecular formula is C31H35ClFN7O2. The fraction of sp³-hybridized carbons (Fsp3) is 0.355. The molecule has 9 nitrogen and oxygen atoms in total. The molecule has 1 aromatic heterocycles. The van der Waals surface area contributed by atoms with Crippen LogP contribution in [0.15, 0.2) is 72.6 Å². The minimum atomic E-state index is -1.09. The van der Waals surface area contributed by atoms with Crippen molar-refractivity contribution in [2.45, 2.75) is 50.0 Å². The lowest BCUT2D eigenvalue weighted by Crippen LogP contribution is -2.45. The Morgan fingerprint density at radius 1 is 1.17 bits per heavy atom. The summed E-state index contributed by atoms with van der Waals surface area (Å²) < 4.78 is 14.8. The van der Waals surface area contributed by atoms with E-state index in [1.165, 1.54) is 6.08 Å². The second-order valence-corrected chi connectivity index (χ2v) is 11.4. The van der Waals surface area contributed by atoms with E-state index in [0.717, 1.165) is 17.6 Å². The molecule has 1 unspecified atom stereocenters. The zero-order valence-corrected chi connectivity index (χ0v) is 24.4. The first-order chi connectivity index (χ1) is 20.2. The van der Waals surface area contributed by atoms with Gasteiger partial charge >= 0.3 is 0 Å². The van der Waals surface area contributed by atoms with Crippen molar-refractivity contribution in [1.82, 2.24) is 25.5 Å². The highest BCUT2D eigenvalue weighted by molar-refractivity contribution is 6.32. The highest BCUT2D eigenvalue weighted by Gasteiger charge is 2.31. The standard InChI is InChI=1S/C31H35ClFN7O2/c1-40(2)13-5-8-28(41)36-21-11-9-19(10-12-21)30(42)37-22-14-20(33)15-23(16-22)38-31-35-18-26(32)29(39-31)25-17-34-27-7-4-3-6-24(25)27/h3-6,8-12,17-18,20,22-23,27,34H,7,13-16H2,1-2H3,(H,36,41)(H,37,42)(H,35,38,39)/b8-5+/t20-,22+,23-,27?/m1/s1. The number of benzene rings is 1. The summed E-state index contributed by atoms with van der Waals surface area (Å²) in [6.45, 7) is 0.657. The molecule has 5 rings (SSSR count). The highest BCUT2D eigenvalue weighted by Crippen LogP contribution is 2.35. The van der Waals surface area contributed by atoms with Gasteiger partial charge in [-0.25, -0.2) is 14.4 Å². The predicted molar refractivity (Wildman–Crippen MR) is 164 cm³/mol. The molecule has 1 aliphatic heterocycles. The number of amides is 2. The fourth-order valence-electron chi connectivity index (χ4n) is 5.36. The van der Waals surface area contributed by atoms with Gasteiger partial charge in [0.25, 0.3) is 5.91 Å². The van der Waals surface area contributed by atoms with Crippen LogP contribution in [0.2, 0.25) is 5.02 Å². The van der Waals surface area contributed by atoms with Gasteiger partial charge in [-0.3, -0.25) is 9.59 Å². The van der Waals surface area contributed by atoms with Crippen molar-refractivity contribution in [3.63, 3.8) is 0 Å². The average Bonchev–Trinajstić information content (AvgIpc) is 3.38. The number of nitrogens with zero attached hydrogens (tertiary/aromatic N) is 3. The van der Waals surface area contributed by atoms with Gasteiger partial charge in [-0.15, -0.1) is 0 Å². The van der Waals surface area contributed by atoms with E-state index in [0.29, 0.717) is 40.9 Å². The van der Waals surface area contributed by atoms with E-state index in [2.05, 4.69) is 43.4 Å². The molecule has 0 bridgehead atoms. The summed E-state index contributed by atoms with van der Waals surface area (Å²) in [7, 11) is 3.84. The number of aromatic nitrogens is 2. The van der Waals surface area contributed by atoms with Gasteiger partial charge in [-0.2, -0.15) is 0 Å². The van der Waals surface area contributed by atoms with Crippen LogP contribution in [0.4, 0.5) is 16.0 Å². The average molecular weight is 592 g/mol. The quantitative estimate of drug-likeness (QED) is 0.318. The van der Waals surface area contributed by atoms with E-state index in [4.69, 9.17) is 11.6 Å². The molecule has 220 valence electrons. The molecular weight excluding hydrogens is 557 g/mol. The van der Waals surface area contributed by atoms with Crippen molar-refractivity contribution in [2.24, 2.45) is 0 Å². The van der Waals surface area contributed by atoms with E-state index in [-0.39, 0.29) is 42.8 Å². The van der Waals surface area contributed by atoms with Gasteiger partial charge in [0.2, 0.25) is 11.9 Å². The Bertz CT molecular complexity index is 1440. The van der Waals surface area contributed by atoms with Crippen molar-refractivity contribution in [3.05, 3.63) is 88.9 Å². The van der Waals surface area contributed by atoms with Gasteiger partial charge < -0.3 is 26.2 Å². The molecule has 2 heterocycles. The monoisotopic (exact) mass is 591 g/mol. The third-order valence-corrected chi connectivity index (χ3v) is 7.65. The van der Waals surface area contributed by atoms with Crippen LogP contribution in [0.5, 0.6) is 0 Å². The van der Waals surface area contributed by atoms with Gasteiger partial charge in [0.15, 0.2) is 0 Å². The SMILES string of the molecule is CN(C)C/C=C/C(=O)Nc1ccc(C(=O)N[C@H]2C[C@@H](F)C[C@@H](Nc3ncc(Cl)c(C4=CNC5CC=CC=C45)n3)C2)cc1. The molecule has 0 spiro atoms. The second kappa shape index (κ2) is 13.3. The second-order valence-electron chi connectivity index (χ2n) is 11.0. The van der Waals surface area contributed by atoms with Crippen LogP contribution in [0.1, 0.15) is 41.7 Å². The van der Waals surface area contributed by atoms with Gasteiger partial charge in [0.1, 0.15) is 6.17 Å². The van der Waals surface area contributed by atoms with Gasteiger partial charge in [0.05, 0.1) is 23.0 Å². The van der Waals surface area contributed by atoms with E-state index in [9.17, 15) is 14.0 Å². The molecule has 42 heavy (non-hydrogen) atoms. The molecule has 4 N–H and O–H groups in total. The first-order valence-electron chi connectivity index (χ1n) is 14.0. The maximum Gasteiger partial charge on any atom is 0.251 e. The smallest absolute Gasteiger partial charge is 0.251 e.